The van der Waals surface area contributed by atoms with Crippen LogP contribution in [0.5, 0.6) is 0 Å². The summed E-state index contributed by atoms with van der Waals surface area (Å²) in [5, 5.41) is 12.8. The standard InChI is InChI=1S/C13H16N6O2S/c1-18-8-10(16-17-18)12(21)19-5-2-9(3-6-19)11(20)15-13-14-4-7-22-13/h4,7-9H,2-3,5-6H2,1H3,(H,14,15,20). The number of likely N-dealkylation sites (tertiary alicyclic amines) is 1. The van der Waals surface area contributed by atoms with E-state index in [0.717, 1.165) is 0 Å². The molecule has 0 spiro atoms. The molecule has 0 saturated carbocycles. The minimum Gasteiger partial charge on any atom is -0.337 e. The first-order valence-corrected chi connectivity index (χ1v) is 7.87. The van der Waals surface area contributed by atoms with Crippen LogP contribution in [-0.4, -0.2) is 49.8 Å². The van der Waals surface area contributed by atoms with Crippen molar-refractivity contribution in [1.29, 1.82) is 0 Å². The third kappa shape index (κ3) is 3.14. The molecule has 0 unspecified atom stereocenters. The highest BCUT2D eigenvalue weighted by Gasteiger charge is 2.29. The highest BCUT2D eigenvalue weighted by atomic mass is 32.1. The van der Waals surface area contributed by atoms with Gasteiger partial charge < -0.3 is 10.2 Å². The monoisotopic (exact) mass is 320 g/mol. The van der Waals surface area contributed by atoms with Gasteiger partial charge in [0.15, 0.2) is 10.8 Å². The van der Waals surface area contributed by atoms with Gasteiger partial charge in [0.2, 0.25) is 5.91 Å². The minimum atomic E-state index is -0.133. The Morgan fingerprint density at radius 3 is 2.73 bits per heavy atom. The number of piperidine rings is 1. The number of nitrogens with one attached hydrogen (secondary N) is 1. The first-order valence-electron chi connectivity index (χ1n) is 6.99. The van der Waals surface area contributed by atoms with Crippen molar-refractivity contribution in [2.75, 3.05) is 18.4 Å². The molecule has 3 rings (SSSR count). The summed E-state index contributed by atoms with van der Waals surface area (Å²) in [6, 6.07) is 0. The maximum Gasteiger partial charge on any atom is 0.276 e. The Labute approximate surface area is 131 Å². The number of aromatic nitrogens is 4. The molecule has 2 aromatic heterocycles. The van der Waals surface area contributed by atoms with Crippen molar-refractivity contribution in [2.45, 2.75) is 12.8 Å². The highest BCUT2D eigenvalue weighted by molar-refractivity contribution is 7.13. The molecule has 1 aliphatic heterocycles. The van der Waals surface area contributed by atoms with Crippen LogP contribution in [0, 0.1) is 5.92 Å². The van der Waals surface area contributed by atoms with E-state index in [2.05, 4.69) is 20.6 Å². The zero-order valence-electron chi connectivity index (χ0n) is 12.1. The van der Waals surface area contributed by atoms with E-state index in [-0.39, 0.29) is 17.7 Å². The molecule has 22 heavy (non-hydrogen) atoms. The van der Waals surface area contributed by atoms with Crippen LogP contribution < -0.4 is 5.32 Å². The molecule has 0 bridgehead atoms. The SMILES string of the molecule is Cn1cc(C(=O)N2CCC(C(=O)Nc3nccs3)CC2)nn1. The molecule has 2 amide bonds. The molecule has 9 heteroatoms. The molecule has 1 fully saturated rings. The van der Waals surface area contributed by atoms with Crippen molar-refractivity contribution >= 4 is 28.3 Å². The van der Waals surface area contributed by atoms with Crippen LogP contribution in [0.1, 0.15) is 23.3 Å². The Morgan fingerprint density at radius 2 is 2.14 bits per heavy atom. The third-order valence-corrected chi connectivity index (χ3v) is 4.33. The smallest absolute Gasteiger partial charge is 0.276 e. The fraction of sp³-hybridized carbons (Fsp3) is 0.462. The van der Waals surface area contributed by atoms with Crippen molar-refractivity contribution < 1.29 is 9.59 Å². The second-order valence-electron chi connectivity index (χ2n) is 5.17. The number of hydrogen-bond donors (Lipinski definition) is 1. The molecule has 0 atom stereocenters. The molecule has 116 valence electrons. The Hall–Kier alpha value is -2.29. The van der Waals surface area contributed by atoms with Crippen LogP contribution in [0.15, 0.2) is 17.8 Å². The lowest BCUT2D eigenvalue weighted by atomic mass is 9.96. The second-order valence-corrected chi connectivity index (χ2v) is 6.06. The predicted octanol–water partition coefficient (Wildman–Crippen LogP) is 0.762. The van der Waals surface area contributed by atoms with E-state index in [1.807, 2.05) is 5.38 Å². The molecule has 1 N–H and O–H groups in total. The first-order chi connectivity index (χ1) is 10.6. The summed E-state index contributed by atoms with van der Waals surface area (Å²) < 4.78 is 1.50. The van der Waals surface area contributed by atoms with Gasteiger partial charge in [0.25, 0.3) is 5.91 Å². The van der Waals surface area contributed by atoms with Gasteiger partial charge in [-0.2, -0.15) is 0 Å². The second kappa shape index (κ2) is 6.22. The lowest BCUT2D eigenvalue weighted by Crippen LogP contribution is -2.41. The fourth-order valence-corrected chi connectivity index (χ4v) is 2.98. The van der Waals surface area contributed by atoms with E-state index < -0.39 is 0 Å². The molecular formula is C13H16N6O2S. The van der Waals surface area contributed by atoms with Crippen molar-refractivity contribution in [3.63, 3.8) is 0 Å². The van der Waals surface area contributed by atoms with Crippen LogP contribution in [0.25, 0.3) is 0 Å². The van der Waals surface area contributed by atoms with Crippen LogP contribution in [-0.2, 0) is 11.8 Å². The lowest BCUT2D eigenvalue weighted by Gasteiger charge is -2.30. The molecule has 0 radical (unpaired) electrons. The van der Waals surface area contributed by atoms with E-state index in [1.54, 1.807) is 24.3 Å². The highest BCUT2D eigenvalue weighted by Crippen LogP contribution is 2.21. The number of carbonyl (C=O) groups excluding carboxylic acids is 2. The average Bonchev–Trinajstić information content (AvgIpc) is 3.18. The molecule has 3 heterocycles. The number of hydrogen-bond acceptors (Lipinski definition) is 6. The summed E-state index contributed by atoms with van der Waals surface area (Å²) in [6.07, 6.45) is 4.54. The summed E-state index contributed by atoms with van der Waals surface area (Å²) in [6.45, 7) is 1.09. The van der Waals surface area contributed by atoms with Crippen molar-refractivity contribution in [3.8, 4) is 0 Å². The number of aryl methyl sites for hydroxylation is 1. The summed E-state index contributed by atoms with van der Waals surface area (Å²) in [5.74, 6) is -0.247. The summed E-state index contributed by atoms with van der Waals surface area (Å²) in [7, 11) is 1.72. The van der Waals surface area contributed by atoms with Crippen molar-refractivity contribution in [2.24, 2.45) is 13.0 Å². The number of rotatable bonds is 3. The molecule has 0 aromatic carbocycles. The number of anilines is 1. The van der Waals surface area contributed by atoms with Crippen LogP contribution >= 0.6 is 11.3 Å². The van der Waals surface area contributed by atoms with E-state index in [0.29, 0.717) is 36.8 Å². The Morgan fingerprint density at radius 1 is 1.36 bits per heavy atom. The van der Waals surface area contributed by atoms with E-state index in [1.165, 1.54) is 16.0 Å². The van der Waals surface area contributed by atoms with Crippen LogP contribution in [0.3, 0.4) is 0 Å². The van der Waals surface area contributed by atoms with Crippen LogP contribution in [0.2, 0.25) is 0 Å². The molecule has 8 nitrogen and oxygen atoms in total. The van der Waals surface area contributed by atoms with Gasteiger partial charge >= 0.3 is 0 Å². The Bertz CT molecular complexity index is 660. The zero-order valence-corrected chi connectivity index (χ0v) is 12.9. The molecule has 0 aliphatic carbocycles. The number of thiazole rings is 1. The van der Waals surface area contributed by atoms with E-state index >= 15 is 0 Å². The molecular weight excluding hydrogens is 304 g/mol. The number of nitrogens with zero attached hydrogens (tertiary/aromatic N) is 5. The maximum absolute atomic E-state index is 12.2. The normalized spacial score (nSPS) is 15.8. The molecule has 1 aliphatic rings. The topological polar surface area (TPSA) is 93.0 Å². The average molecular weight is 320 g/mol. The summed E-state index contributed by atoms with van der Waals surface area (Å²) in [4.78, 5) is 30.1. The van der Waals surface area contributed by atoms with Gasteiger partial charge in [0, 0.05) is 37.6 Å². The predicted molar refractivity (Wildman–Crippen MR) is 80.4 cm³/mol. The quantitative estimate of drug-likeness (QED) is 0.901. The zero-order chi connectivity index (χ0) is 15.5. The van der Waals surface area contributed by atoms with E-state index in [9.17, 15) is 9.59 Å². The minimum absolute atomic E-state index is 0.0263. The third-order valence-electron chi connectivity index (χ3n) is 3.64. The van der Waals surface area contributed by atoms with Gasteiger partial charge in [-0.05, 0) is 12.8 Å². The molecule has 1 saturated heterocycles. The van der Waals surface area contributed by atoms with Gasteiger partial charge in [-0.1, -0.05) is 5.21 Å². The number of carbonyl (C=O) groups is 2. The fourth-order valence-electron chi connectivity index (χ4n) is 2.44. The van der Waals surface area contributed by atoms with Gasteiger partial charge in [0.1, 0.15) is 0 Å². The summed E-state index contributed by atoms with van der Waals surface area (Å²) >= 11 is 1.40. The largest absolute Gasteiger partial charge is 0.337 e. The summed E-state index contributed by atoms with van der Waals surface area (Å²) in [5.41, 5.74) is 0.341. The first kappa shape index (κ1) is 14.6. The molecule has 2 aromatic rings. The van der Waals surface area contributed by atoms with E-state index in [4.69, 9.17) is 0 Å². The van der Waals surface area contributed by atoms with Gasteiger partial charge in [-0.3, -0.25) is 14.3 Å². The maximum atomic E-state index is 12.2. The van der Waals surface area contributed by atoms with Gasteiger partial charge in [-0.15, -0.1) is 16.4 Å². The Balaban J connectivity index is 1.54. The van der Waals surface area contributed by atoms with Gasteiger partial charge in [-0.25, -0.2) is 4.98 Å². The Kier molecular flexibility index (Phi) is 4.14. The van der Waals surface area contributed by atoms with Gasteiger partial charge in [0.05, 0.1) is 6.20 Å². The van der Waals surface area contributed by atoms with Crippen molar-refractivity contribution in [3.05, 3.63) is 23.5 Å². The number of amides is 2. The van der Waals surface area contributed by atoms with Crippen LogP contribution in [0.4, 0.5) is 5.13 Å². The van der Waals surface area contributed by atoms with Crippen molar-refractivity contribution in [1.82, 2.24) is 24.9 Å². The lowest BCUT2D eigenvalue weighted by molar-refractivity contribution is -0.121.